The van der Waals surface area contributed by atoms with E-state index in [0.717, 1.165) is 48.6 Å². The lowest BCUT2D eigenvalue weighted by molar-refractivity contribution is -0.0971. The number of benzene rings is 1. The van der Waals surface area contributed by atoms with Crippen molar-refractivity contribution in [2.24, 2.45) is 12.0 Å². The molecule has 1 aromatic heterocycles. The second kappa shape index (κ2) is 11.7. The summed E-state index contributed by atoms with van der Waals surface area (Å²) in [7, 11) is 3.77. The van der Waals surface area contributed by atoms with Crippen LogP contribution in [0.4, 0.5) is 0 Å². The van der Waals surface area contributed by atoms with Crippen LogP contribution in [0.15, 0.2) is 29.3 Å². The Morgan fingerprint density at radius 1 is 1.25 bits per heavy atom. The Morgan fingerprint density at radius 2 is 1.94 bits per heavy atom. The minimum Gasteiger partial charge on any atom is -0.373 e. The summed E-state index contributed by atoms with van der Waals surface area (Å²) in [4.78, 5) is 6.90. The van der Waals surface area contributed by atoms with E-state index in [-0.39, 0.29) is 35.6 Å². The number of hydrogen-bond acceptors (Lipinski definition) is 4. The van der Waals surface area contributed by atoms with Gasteiger partial charge in [-0.15, -0.1) is 24.0 Å². The minimum atomic E-state index is -0.168. The number of guanidine groups is 1. The normalized spacial score (nSPS) is 17.5. The van der Waals surface area contributed by atoms with Crippen molar-refractivity contribution in [3.8, 4) is 0 Å². The van der Waals surface area contributed by atoms with Crippen LogP contribution in [0.2, 0.25) is 5.02 Å². The smallest absolute Gasteiger partial charge is 0.191 e. The third-order valence-corrected chi connectivity index (χ3v) is 6.18. The molecule has 1 atom stereocenters. The first-order valence-electron chi connectivity index (χ1n) is 10.8. The Hall–Kier alpha value is -1.36. The number of hydrogen-bond donors (Lipinski definition) is 2. The summed E-state index contributed by atoms with van der Waals surface area (Å²) < 4.78 is 7.85. The monoisotopic (exact) mass is 574 g/mol. The summed E-state index contributed by atoms with van der Waals surface area (Å²) in [6, 6.07) is 8.30. The first kappa shape index (κ1) is 26.9. The Kier molecular flexibility index (Phi) is 9.81. The van der Waals surface area contributed by atoms with Gasteiger partial charge in [0.1, 0.15) is 0 Å². The van der Waals surface area contributed by atoms with E-state index in [1.165, 1.54) is 11.1 Å². The summed E-state index contributed by atoms with van der Waals surface area (Å²) in [5.74, 6) is 0.772. The van der Waals surface area contributed by atoms with Crippen molar-refractivity contribution >= 4 is 41.5 Å². The molecule has 3 rings (SSSR count). The average Bonchev–Trinajstić information content (AvgIpc) is 2.96. The van der Waals surface area contributed by atoms with Gasteiger partial charge in [-0.1, -0.05) is 23.7 Å². The molecule has 0 saturated carbocycles. The lowest BCUT2D eigenvalue weighted by atomic mass is 10.0. The SMILES string of the molecule is CN=C(NCc1c(C)nn(C)c1C)NCC(c1ccc(Cl)cc1)N1CCOC(C)(C)C1.I. The van der Waals surface area contributed by atoms with E-state index in [4.69, 9.17) is 16.3 Å². The highest BCUT2D eigenvalue weighted by Gasteiger charge is 2.32. The predicted octanol–water partition coefficient (Wildman–Crippen LogP) is 3.83. The molecule has 1 aliphatic heterocycles. The third kappa shape index (κ3) is 6.82. The number of ether oxygens (including phenoxy) is 1. The highest BCUT2D eigenvalue weighted by molar-refractivity contribution is 14.0. The Balaban J connectivity index is 0.00000363. The van der Waals surface area contributed by atoms with Gasteiger partial charge in [-0.2, -0.15) is 5.10 Å². The summed E-state index contributed by atoms with van der Waals surface area (Å²) in [5, 5.41) is 12.2. The number of aliphatic imine (C=N–C) groups is 1. The van der Waals surface area contributed by atoms with Gasteiger partial charge in [0.2, 0.25) is 0 Å². The van der Waals surface area contributed by atoms with Gasteiger partial charge >= 0.3 is 0 Å². The Bertz CT molecular complexity index is 912. The van der Waals surface area contributed by atoms with Crippen molar-refractivity contribution in [3.63, 3.8) is 0 Å². The zero-order chi connectivity index (χ0) is 22.6. The fourth-order valence-corrected chi connectivity index (χ4v) is 4.25. The van der Waals surface area contributed by atoms with Gasteiger partial charge < -0.3 is 15.4 Å². The van der Waals surface area contributed by atoms with Crippen LogP contribution in [0.5, 0.6) is 0 Å². The van der Waals surface area contributed by atoms with Crippen molar-refractivity contribution in [3.05, 3.63) is 51.8 Å². The maximum absolute atomic E-state index is 6.14. The molecule has 0 radical (unpaired) electrons. The number of rotatable bonds is 6. The van der Waals surface area contributed by atoms with Crippen molar-refractivity contribution in [2.75, 3.05) is 33.3 Å². The number of halogens is 2. The number of morpholine rings is 1. The first-order chi connectivity index (χ1) is 14.7. The average molecular weight is 575 g/mol. The quantitative estimate of drug-likeness (QED) is 0.312. The molecular weight excluding hydrogens is 539 g/mol. The molecule has 2 heterocycles. The van der Waals surface area contributed by atoms with E-state index < -0.39 is 0 Å². The molecule has 7 nitrogen and oxygen atoms in total. The molecule has 1 aliphatic rings. The van der Waals surface area contributed by atoms with Gasteiger partial charge in [-0.05, 0) is 45.4 Å². The summed E-state index contributed by atoms with van der Waals surface area (Å²) in [6.07, 6.45) is 0. The molecule has 1 fully saturated rings. The molecule has 0 bridgehead atoms. The summed E-state index contributed by atoms with van der Waals surface area (Å²) >= 11 is 6.14. The van der Waals surface area contributed by atoms with E-state index in [9.17, 15) is 0 Å². The van der Waals surface area contributed by atoms with Crippen LogP contribution in [0.3, 0.4) is 0 Å². The van der Waals surface area contributed by atoms with E-state index in [2.05, 4.69) is 58.5 Å². The van der Waals surface area contributed by atoms with Crippen molar-refractivity contribution in [1.29, 1.82) is 0 Å². The molecule has 0 amide bonds. The molecule has 9 heteroatoms. The van der Waals surface area contributed by atoms with Crippen LogP contribution in [0, 0.1) is 13.8 Å². The fraction of sp³-hybridized carbons (Fsp3) is 0.565. The Morgan fingerprint density at radius 3 is 2.50 bits per heavy atom. The van der Waals surface area contributed by atoms with Crippen LogP contribution >= 0.6 is 35.6 Å². The van der Waals surface area contributed by atoms with Crippen molar-refractivity contribution in [2.45, 2.75) is 45.9 Å². The van der Waals surface area contributed by atoms with Crippen LogP contribution < -0.4 is 10.6 Å². The number of aryl methyl sites for hydroxylation is 2. The zero-order valence-corrected chi connectivity index (χ0v) is 23.0. The molecule has 2 N–H and O–H groups in total. The van der Waals surface area contributed by atoms with Gasteiger partial charge in [0.05, 0.1) is 23.9 Å². The Labute approximate surface area is 214 Å². The van der Waals surface area contributed by atoms with E-state index in [1.54, 1.807) is 7.05 Å². The first-order valence-corrected chi connectivity index (χ1v) is 11.1. The fourth-order valence-electron chi connectivity index (χ4n) is 4.12. The minimum absolute atomic E-state index is 0. The maximum atomic E-state index is 6.14. The third-order valence-electron chi connectivity index (χ3n) is 5.93. The maximum Gasteiger partial charge on any atom is 0.191 e. The predicted molar refractivity (Wildman–Crippen MR) is 142 cm³/mol. The highest BCUT2D eigenvalue weighted by atomic mass is 127. The van der Waals surface area contributed by atoms with Crippen molar-refractivity contribution < 1.29 is 4.74 Å². The van der Waals surface area contributed by atoms with Crippen LogP contribution in [0.1, 0.15) is 42.4 Å². The largest absolute Gasteiger partial charge is 0.373 e. The standard InChI is InChI=1S/C23H35ClN6O.HI/c1-16-20(17(2)29(6)28-16)13-26-22(25-5)27-14-21(18-7-9-19(24)10-8-18)30-11-12-31-23(3,4)15-30;/h7-10,21H,11-15H2,1-6H3,(H2,25,26,27);1H. The second-order valence-corrected chi connectivity index (χ2v) is 9.16. The zero-order valence-electron chi connectivity index (χ0n) is 19.9. The number of nitrogens with one attached hydrogen (secondary N) is 2. The van der Waals surface area contributed by atoms with Crippen LogP contribution in [0.25, 0.3) is 0 Å². The molecule has 1 unspecified atom stereocenters. The lowest BCUT2D eigenvalue weighted by Gasteiger charge is -2.42. The summed E-state index contributed by atoms with van der Waals surface area (Å²) in [5.41, 5.74) is 4.46. The lowest BCUT2D eigenvalue weighted by Crippen LogP contribution is -2.52. The van der Waals surface area contributed by atoms with Crippen LogP contribution in [-0.2, 0) is 18.3 Å². The van der Waals surface area contributed by atoms with E-state index in [0.29, 0.717) is 6.54 Å². The molecule has 1 aromatic carbocycles. The molecule has 0 spiro atoms. The van der Waals surface area contributed by atoms with Gasteiger partial charge in [-0.25, -0.2) is 0 Å². The second-order valence-electron chi connectivity index (χ2n) is 8.73. The molecule has 32 heavy (non-hydrogen) atoms. The van der Waals surface area contributed by atoms with Gasteiger partial charge in [0.15, 0.2) is 5.96 Å². The van der Waals surface area contributed by atoms with Gasteiger partial charge in [0, 0.05) is 56.6 Å². The molecular formula is C23H36ClIN6O. The van der Waals surface area contributed by atoms with E-state index >= 15 is 0 Å². The molecule has 178 valence electrons. The van der Waals surface area contributed by atoms with Crippen molar-refractivity contribution in [1.82, 2.24) is 25.3 Å². The van der Waals surface area contributed by atoms with E-state index in [1.807, 2.05) is 30.8 Å². The van der Waals surface area contributed by atoms with Crippen LogP contribution in [-0.4, -0.2) is 59.5 Å². The number of nitrogens with zero attached hydrogens (tertiary/aromatic N) is 4. The molecule has 1 saturated heterocycles. The molecule has 0 aliphatic carbocycles. The topological polar surface area (TPSA) is 66.7 Å². The molecule has 2 aromatic rings. The summed E-state index contributed by atoms with van der Waals surface area (Å²) in [6.45, 7) is 12.3. The highest BCUT2D eigenvalue weighted by Crippen LogP contribution is 2.27. The van der Waals surface area contributed by atoms with Gasteiger partial charge in [-0.3, -0.25) is 14.6 Å². The van der Waals surface area contributed by atoms with Gasteiger partial charge in [0.25, 0.3) is 0 Å². The number of aromatic nitrogens is 2.